The van der Waals surface area contributed by atoms with Crippen LogP contribution in [0.2, 0.25) is 0 Å². The van der Waals surface area contributed by atoms with Crippen LogP contribution in [0.25, 0.3) is 0 Å². The fraction of sp³-hybridized carbons (Fsp3) is 0.917. The Morgan fingerprint density at radius 3 is 2.53 bits per heavy atom. The minimum absolute atomic E-state index is 0.0999. The van der Waals surface area contributed by atoms with Gasteiger partial charge in [0, 0.05) is 6.54 Å². The summed E-state index contributed by atoms with van der Waals surface area (Å²) in [7, 11) is 0. The van der Waals surface area contributed by atoms with E-state index in [1.54, 1.807) is 0 Å². The van der Waals surface area contributed by atoms with Crippen molar-refractivity contribution in [2.75, 3.05) is 19.6 Å². The number of hydrogen-bond acceptors (Lipinski definition) is 2. The molecule has 0 fully saturated rings. The average Bonchev–Trinajstić information content (AvgIpc) is 2.23. The van der Waals surface area contributed by atoms with E-state index in [-0.39, 0.29) is 5.91 Å². The van der Waals surface area contributed by atoms with Crippen molar-refractivity contribution in [2.45, 2.75) is 46.5 Å². The molecular weight excluding hydrogens is 188 g/mol. The molecule has 1 amide bonds. The molecule has 0 saturated heterocycles. The molecule has 1 unspecified atom stereocenters. The zero-order valence-corrected chi connectivity index (χ0v) is 10.4. The fourth-order valence-corrected chi connectivity index (χ4v) is 1.59. The van der Waals surface area contributed by atoms with Crippen LogP contribution in [-0.4, -0.2) is 25.5 Å². The Labute approximate surface area is 94.0 Å². The fourth-order valence-electron chi connectivity index (χ4n) is 1.59. The minimum atomic E-state index is 0.0999. The van der Waals surface area contributed by atoms with Gasteiger partial charge in [-0.1, -0.05) is 33.1 Å². The first-order valence-corrected chi connectivity index (χ1v) is 6.21. The summed E-state index contributed by atoms with van der Waals surface area (Å²) in [6, 6.07) is 0. The number of carbonyl (C=O) groups is 1. The molecule has 15 heavy (non-hydrogen) atoms. The lowest BCUT2D eigenvalue weighted by molar-refractivity contribution is -0.120. The highest BCUT2D eigenvalue weighted by Gasteiger charge is 2.06. The van der Waals surface area contributed by atoms with Gasteiger partial charge in [0.2, 0.25) is 5.91 Å². The molecule has 0 aliphatic heterocycles. The van der Waals surface area contributed by atoms with E-state index in [2.05, 4.69) is 24.5 Å². The lowest BCUT2D eigenvalue weighted by Crippen LogP contribution is -2.35. The van der Waals surface area contributed by atoms with Gasteiger partial charge in [0.05, 0.1) is 6.54 Å². The van der Waals surface area contributed by atoms with Gasteiger partial charge in [-0.15, -0.1) is 0 Å². The topological polar surface area (TPSA) is 41.1 Å². The molecule has 0 aromatic carbocycles. The highest BCUT2D eigenvalue weighted by molar-refractivity contribution is 5.77. The Balaban J connectivity index is 3.49. The summed E-state index contributed by atoms with van der Waals surface area (Å²) in [6.45, 7) is 8.51. The summed E-state index contributed by atoms with van der Waals surface area (Å²) in [5.41, 5.74) is 0. The molecule has 0 aromatic heterocycles. The number of hydrogen-bond donors (Lipinski definition) is 2. The van der Waals surface area contributed by atoms with E-state index in [1.807, 2.05) is 6.92 Å². The smallest absolute Gasteiger partial charge is 0.233 e. The zero-order chi connectivity index (χ0) is 11.5. The molecular formula is C12H26N2O. The van der Waals surface area contributed by atoms with Gasteiger partial charge in [-0.05, 0) is 25.8 Å². The molecule has 3 heteroatoms. The molecule has 0 heterocycles. The molecule has 0 spiro atoms. The van der Waals surface area contributed by atoms with Crippen molar-refractivity contribution in [1.29, 1.82) is 0 Å². The van der Waals surface area contributed by atoms with Gasteiger partial charge in [0.25, 0.3) is 0 Å². The van der Waals surface area contributed by atoms with E-state index in [4.69, 9.17) is 0 Å². The SMILES string of the molecule is CCCCC(CC)CNCC(=O)NCC. The van der Waals surface area contributed by atoms with E-state index in [0.717, 1.165) is 12.5 Å². The van der Waals surface area contributed by atoms with Crippen molar-refractivity contribution in [2.24, 2.45) is 5.92 Å². The zero-order valence-electron chi connectivity index (χ0n) is 10.4. The van der Waals surface area contributed by atoms with Gasteiger partial charge in [0.15, 0.2) is 0 Å². The van der Waals surface area contributed by atoms with Crippen LogP contribution in [-0.2, 0) is 4.79 Å². The largest absolute Gasteiger partial charge is 0.355 e. The first-order chi connectivity index (χ1) is 7.24. The summed E-state index contributed by atoms with van der Waals surface area (Å²) in [5, 5.41) is 6.00. The van der Waals surface area contributed by atoms with Crippen LogP contribution >= 0.6 is 0 Å². The summed E-state index contributed by atoms with van der Waals surface area (Å²) >= 11 is 0. The maximum atomic E-state index is 11.2. The monoisotopic (exact) mass is 214 g/mol. The van der Waals surface area contributed by atoms with E-state index < -0.39 is 0 Å². The van der Waals surface area contributed by atoms with E-state index in [0.29, 0.717) is 13.1 Å². The summed E-state index contributed by atoms with van der Waals surface area (Å²) < 4.78 is 0. The molecule has 0 rings (SSSR count). The molecule has 0 aromatic rings. The summed E-state index contributed by atoms with van der Waals surface area (Å²) in [4.78, 5) is 11.2. The second-order valence-corrected chi connectivity index (χ2v) is 4.00. The number of likely N-dealkylation sites (N-methyl/N-ethyl adjacent to an activating group) is 1. The van der Waals surface area contributed by atoms with Gasteiger partial charge >= 0.3 is 0 Å². The molecule has 3 nitrogen and oxygen atoms in total. The first kappa shape index (κ1) is 14.4. The Morgan fingerprint density at radius 2 is 2.00 bits per heavy atom. The Hall–Kier alpha value is -0.570. The number of carbonyl (C=O) groups excluding carboxylic acids is 1. The van der Waals surface area contributed by atoms with E-state index in [9.17, 15) is 4.79 Å². The lowest BCUT2D eigenvalue weighted by atomic mass is 9.99. The van der Waals surface area contributed by atoms with Crippen LogP contribution in [0, 0.1) is 5.92 Å². The molecule has 0 saturated carbocycles. The van der Waals surface area contributed by atoms with E-state index >= 15 is 0 Å². The Bertz CT molecular complexity index is 160. The normalized spacial score (nSPS) is 12.5. The molecule has 90 valence electrons. The number of amides is 1. The quantitative estimate of drug-likeness (QED) is 0.616. The predicted molar refractivity (Wildman–Crippen MR) is 64.9 cm³/mol. The maximum Gasteiger partial charge on any atom is 0.233 e. The van der Waals surface area contributed by atoms with Crippen LogP contribution in [0.5, 0.6) is 0 Å². The maximum absolute atomic E-state index is 11.2. The van der Waals surface area contributed by atoms with Crippen molar-refractivity contribution in [3.8, 4) is 0 Å². The molecule has 2 N–H and O–H groups in total. The summed E-state index contributed by atoms with van der Waals surface area (Å²) in [6.07, 6.45) is 5.02. The van der Waals surface area contributed by atoms with Crippen molar-refractivity contribution >= 4 is 5.91 Å². The predicted octanol–water partition coefficient (Wildman–Crippen LogP) is 1.93. The summed E-state index contributed by atoms with van der Waals surface area (Å²) in [5.74, 6) is 0.822. The third-order valence-electron chi connectivity index (χ3n) is 2.64. The third-order valence-corrected chi connectivity index (χ3v) is 2.64. The van der Waals surface area contributed by atoms with Crippen LogP contribution < -0.4 is 10.6 Å². The standard InChI is InChI=1S/C12H26N2O/c1-4-7-8-11(5-2)9-13-10-12(15)14-6-3/h11,13H,4-10H2,1-3H3,(H,14,15). The molecule has 0 aliphatic carbocycles. The Morgan fingerprint density at radius 1 is 1.27 bits per heavy atom. The van der Waals surface area contributed by atoms with Crippen molar-refractivity contribution in [3.63, 3.8) is 0 Å². The molecule has 0 radical (unpaired) electrons. The second kappa shape index (κ2) is 9.97. The second-order valence-electron chi connectivity index (χ2n) is 4.00. The van der Waals surface area contributed by atoms with Gasteiger partial charge in [-0.3, -0.25) is 4.79 Å². The minimum Gasteiger partial charge on any atom is -0.355 e. The van der Waals surface area contributed by atoms with Crippen LogP contribution in [0.1, 0.15) is 46.5 Å². The number of nitrogens with one attached hydrogen (secondary N) is 2. The first-order valence-electron chi connectivity index (χ1n) is 6.21. The van der Waals surface area contributed by atoms with Crippen LogP contribution in [0.15, 0.2) is 0 Å². The van der Waals surface area contributed by atoms with Gasteiger partial charge in [-0.25, -0.2) is 0 Å². The van der Waals surface area contributed by atoms with Gasteiger partial charge < -0.3 is 10.6 Å². The van der Waals surface area contributed by atoms with Crippen molar-refractivity contribution in [1.82, 2.24) is 10.6 Å². The average molecular weight is 214 g/mol. The van der Waals surface area contributed by atoms with Gasteiger partial charge in [0.1, 0.15) is 0 Å². The number of unbranched alkanes of at least 4 members (excludes halogenated alkanes) is 1. The Kier molecular flexibility index (Phi) is 9.59. The van der Waals surface area contributed by atoms with E-state index in [1.165, 1.54) is 25.7 Å². The lowest BCUT2D eigenvalue weighted by Gasteiger charge is -2.14. The van der Waals surface area contributed by atoms with Crippen molar-refractivity contribution < 1.29 is 4.79 Å². The molecule has 0 aliphatic rings. The highest BCUT2D eigenvalue weighted by Crippen LogP contribution is 2.10. The van der Waals surface area contributed by atoms with Crippen LogP contribution in [0.3, 0.4) is 0 Å². The molecule has 1 atom stereocenters. The number of rotatable bonds is 9. The van der Waals surface area contributed by atoms with Gasteiger partial charge in [-0.2, -0.15) is 0 Å². The third kappa shape index (κ3) is 8.43. The van der Waals surface area contributed by atoms with Crippen molar-refractivity contribution in [3.05, 3.63) is 0 Å². The van der Waals surface area contributed by atoms with Crippen LogP contribution in [0.4, 0.5) is 0 Å². The molecule has 0 bridgehead atoms. The highest BCUT2D eigenvalue weighted by atomic mass is 16.1.